The fraction of sp³-hybridized carbons (Fsp3) is 0.500. The minimum absolute atomic E-state index is 0.0313. The first-order valence-electron chi connectivity index (χ1n) is 5.87. The summed E-state index contributed by atoms with van der Waals surface area (Å²) in [6.07, 6.45) is 1.62. The Balaban J connectivity index is 2.66. The van der Waals surface area contributed by atoms with Crippen LogP contribution in [-0.4, -0.2) is 47.7 Å². The molecule has 0 saturated carbocycles. The van der Waals surface area contributed by atoms with E-state index >= 15 is 0 Å². The van der Waals surface area contributed by atoms with Crippen molar-refractivity contribution in [3.63, 3.8) is 0 Å². The molecule has 0 radical (unpaired) electrons. The first-order valence-corrected chi connectivity index (χ1v) is 5.87. The molecule has 0 atom stereocenters. The zero-order valence-electron chi connectivity index (χ0n) is 10.8. The maximum atomic E-state index is 8.71. The monoisotopic (exact) mass is 252 g/mol. The molecule has 0 aliphatic heterocycles. The van der Waals surface area contributed by atoms with Gasteiger partial charge in [-0.1, -0.05) is 11.2 Å². The number of aromatic nitrogens is 1. The fourth-order valence-electron chi connectivity index (χ4n) is 1.58. The molecule has 0 bridgehead atoms. The van der Waals surface area contributed by atoms with Gasteiger partial charge in [0.15, 0.2) is 5.84 Å². The molecule has 1 aromatic rings. The van der Waals surface area contributed by atoms with Crippen molar-refractivity contribution in [3.05, 3.63) is 29.6 Å². The first-order chi connectivity index (χ1) is 8.69. The molecular weight excluding hydrogens is 232 g/mol. The van der Waals surface area contributed by atoms with Crippen LogP contribution in [0, 0.1) is 0 Å². The maximum Gasteiger partial charge on any atom is 0.189 e. The number of ether oxygens (including phenoxy) is 1. The molecule has 6 nitrogen and oxygen atoms in total. The molecule has 0 spiro atoms. The van der Waals surface area contributed by atoms with Crippen LogP contribution in [0.4, 0.5) is 0 Å². The molecule has 1 rings (SSSR count). The van der Waals surface area contributed by atoms with Gasteiger partial charge in [-0.15, -0.1) is 0 Å². The van der Waals surface area contributed by atoms with Gasteiger partial charge in [-0.2, -0.15) is 0 Å². The summed E-state index contributed by atoms with van der Waals surface area (Å²) in [5.74, 6) is 0.0313. The fourth-order valence-corrected chi connectivity index (χ4v) is 1.58. The highest BCUT2D eigenvalue weighted by molar-refractivity contribution is 5.96. The number of hydrogen-bond donors (Lipinski definition) is 2. The Morgan fingerprint density at radius 3 is 3.06 bits per heavy atom. The van der Waals surface area contributed by atoms with Crippen LogP contribution in [0.1, 0.15) is 18.2 Å². The van der Waals surface area contributed by atoms with E-state index in [1.54, 1.807) is 6.20 Å². The molecule has 1 aromatic heterocycles. The van der Waals surface area contributed by atoms with E-state index < -0.39 is 0 Å². The van der Waals surface area contributed by atoms with Gasteiger partial charge in [-0.05, 0) is 25.6 Å². The third kappa shape index (κ3) is 4.31. The van der Waals surface area contributed by atoms with Crippen LogP contribution < -0.4 is 5.73 Å². The van der Waals surface area contributed by atoms with Gasteiger partial charge in [-0.3, -0.25) is 9.88 Å². The van der Waals surface area contributed by atoms with Crippen molar-refractivity contribution in [3.8, 4) is 0 Å². The average Bonchev–Trinajstić information content (AvgIpc) is 2.39. The third-order valence-electron chi connectivity index (χ3n) is 2.50. The van der Waals surface area contributed by atoms with E-state index in [0.29, 0.717) is 18.8 Å². The molecule has 100 valence electrons. The van der Waals surface area contributed by atoms with Crippen molar-refractivity contribution in [1.29, 1.82) is 0 Å². The van der Waals surface area contributed by atoms with Gasteiger partial charge in [-0.25, -0.2) is 0 Å². The number of amidine groups is 1. The zero-order chi connectivity index (χ0) is 13.4. The second-order valence-electron chi connectivity index (χ2n) is 3.93. The van der Waals surface area contributed by atoms with Gasteiger partial charge in [0, 0.05) is 25.9 Å². The first kappa shape index (κ1) is 14.4. The van der Waals surface area contributed by atoms with Crippen LogP contribution in [-0.2, 0) is 11.3 Å². The number of likely N-dealkylation sites (N-methyl/N-ethyl adjacent to an activating group) is 1. The minimum atomic E-state index is 0.0313. The quantitative estimate of drug-likeness (QED) is 0.245. The Hall–Kier alpha value is -1.66. The van der Waals surface area contributed by atoms with Gasteiger partial charge in [0.2, 0.25) is 0 Å². The second kappa shape index (κ2) is 7.62. The normalized spacial score (nSPS) is 12.1. The van der Waals surface area contributed by atoms with Crippen LogP contribution in [0.2, 0.25) is 0 Å². The van der Waals surface area contributed by atoms with Crippen molar-refractivity contribution in [2.24, 2.45) is 10.9 Å². The molecule has 18 heavy (non-hydrogen) atoms. The van der Waals surface area contributed by atoms with Crippen LogP contribution in [0.3, 0.4) is 0 Å². The Morgan fingerprint density at radius 2 is 2.39 bits per heavy atom. The third-order valence-corrected chi connectivity index (χ3v) is 2.50. The molecule has 0 amide bonds. The summed E-state index contributed by atoms with van der Waals surface area (Å²) in [5.41, 5.74) is 7.03. The Morgan fingerprint density at radius 1 is 1.61 bits per heavy atom. The van der Waals surface area contributed by atoms with Crippen molar-refractivity contribution in [2.75, 3.05) is 26.8 Å². The summed E-state index contributed by atoms with van der Waals surface area (Å²) in [4.78, 5) is 6.22. The molecule has 0 fully saturated rings. The highest BCUT2D eigenvalue weighted by Crippen LogP contribution is 2.07. The Kier molecular flexibility index (Phi) is 6.10. The molecule has 3 N–H and O–H groups in total. The van der Waals surface area contributed by atoms with Gasteiger partial charge >= 0.3 is 0 Å². The van der Waals surface area contributed by atoms with Crippen LogP contribution in [0.15, 0.2) is 23.5 Å². The number of pyridine rings is 1. The standard InChI is InChI=1S/C12H20N4O2/c1-3-18-8-7-16(2)9-10-5-4-6-14-11(10)12(13)15-17/h4-6,17H,3,7-9H2,1-2H3,(H2,13,15). The number of nitrogens with two attached hydrogens (primary N) is 1. The predicted molar refractivity (Wildman–Crippen MR) is 69.6 cm³/mol. The summed E-state index contributed by atoms with van der Waals surface area (Å²) in [6.45, 7) is 4.87. The number of nitrogens with zero attached hydrogens (tertiary/aromatic N) is 3. The van der Waals surface area contributed by atoms with Crippen LogP contribution >= 0.6 is 0 Å². The van der Waals surface area contributed by atoms with E-state index in [0.717, 1.165) is 18.7 Å². The SMILES string of the molecule is CCOCCN(C)Cc1cccnc1/C(N)=N/O. The second-order valence-corrected chi connectivity index (χ2v) is 3.93. The summed E-state index contributed by atoms with van der Waals surface area (Å²) in [5, 5.41) is 11.7. The summed E-state index contributed by atoms with van der Waals surface area (Å²) in [6, 6.07) is 3.75. The molecule has 0 aliphatic carbocycles. The van der Waals surface area contributed by atoms with E-state index in [9.17, 15) is 0 Å². The maximum absolute atomic E-state index is 8.71. The largest absolute Gasteiger partial charge is 0.409 e. The topological polar surface area (TPSA) is 84.0 Å². The van der Waals surface area contributed by atoms with E-state index in [2.05, 4.69) is 15.0 Å². The Labute approximate surface area is 107 Å². The summed E-state index contributed by atoms with van der Waals surface area (Å²) < 4.78 is 5.30. The summed E-state index contributed by atoms with van der Waals surface area (Å²) >= 11 is 0. The minimum Gasteiger partial charge on any atom is -0.409 e. The molecule has 0 aliphatic rings. The summed E-state index contributed by atoms with van der Waals surface area (Å²) in [7, 11) is 1.99. The van der Waals surface area contributed by atoms with E-state index in [-0.39, 0.29) is 5.84 Å². The van der Waals surface area contributed by atoms with E-state index in [1.807, 2.05) is 26.1 Å². The predicted octanol–water partition coefficient (Wildman–Crippen LogP) is 0.644. The van der Waals surface area contributed by atoms with Gasteiger partial charge in [0.25, 0.3) is 0 Å². The smallest absolute Gasteiger partial charge is 0.189 e. The Bertz CT molecular complexity index is 395. The molecule has 0 unspecified atom stereocenters. The van der Waals surface area contributed by atoms with Crippen molar-refractivity contribution in [2.45, 2.75) is 13.5 Å². The van der Waals surface area contributed by atoms with Crippen molar-refractivity contribution >= 4 is 5.84 Å². The van der Waals surface area contributed by atoms with Crippen molar-refractivity contribution in [1.82, 2.24) is 9.88 Å². The number of hydrogen-bond acceptors (Lipinski definition) is 5. The molecule has 0 saturated heterocycles. The number of oxime groups is 1. The lowest BCUT2D eigenvalue weighted by Gasteiger charge is -2.17. The highest BCUT2D eigenvalue weighted by atomic mass is 16.5. The van der Waals surface area contributed by atoms with E-state index in [4.69, 9.17) is 15.7 Å². The number of rotatable bonds is 7. The molecular formula is C12H20N4O2. The average molecular weight is 252 g/mol. The lowest BCUT2D eigenvalue weighted by Crippen LogP contribution is -2.25. The highest BCUT2D eigenvalue weighted by Gasteiger charge is 2.10. The lowest BCUT2D eigenvalue weighted by molar-refractivity contribution is 0.120. The molecule has 1 heterocycles. The van der Waals surface area contributed by atoms with Gasteiger partial charge in [0.05, 0.1) is 6.61 Å². The molecule has 6 heteroatoms. The van der Waals surface area contributed by atoms with E-state index in [1.165, 1.54) is 0 Å². The zero-order valence-corrected chi connectivity index (χ0v) is 10.8. The van der Waals surface area contributed by atoms with Crippen molar-refractivity contribution < 1.29 is 9.94 Å². The van der Waals surface area contributed by atoms with Crippen LogP contribution in [0.25, 0.3) is 0 Å². The lowest BCUT2D eigenvalue weighted by atomic mass is 10.1. The van der Waals surface area contributed by atoms with Gasteiger partial charge in [0.1, 0.15) is 5.69 Å². The van der Waals surface area contributed by atoms with Crippen LogP contribution in [0.5, 0.6) is 0 Å². The molecule has 0 aromatic carbocycles. The van der Waals surface area contributed by atoms with Gasteiger partial charge < -0.3 is 15.7 Å².